The summed E-state index contributed by atoms with van der Waals surface area (Å²) in [6.07, 6.45) is 37.5. The van der Waals surface area contributed by atoms with Crippen LogP contribution in [0, 0.1) is 64.6 Å². The average molecular weight is 913 g/mol. The fourth-order valence-electron chi connectivity index (χ4n) is 15.5. The number of carboxylic acids is 1. The van der Waals surface area contributed by atoms with Gasteiger partial charge in [-0.05, 0) is 194 Å². The van der Waals surface area contributed by atoms with E-state index in [1.54, 1.807) is 0 Å². The predicted molar refractivity (Wildman–Crippen MR) is 251 cm³/mol. The topological polar surface area (TPSA) is 130 Å². The maximum atomic E-state index is 13.5. The van der Waals surface area contributed by atoms with E-state index in [9.17, 15) is 20.0 Å². The van der Waals surface area contributed by atoms with Gasteiger partial charge in [-0.15, -0.1) is 0 Å². The van der Waals surface area contributed by atoms with Gasteiger partial charge in [0.15, 0.2) is 0 Å². The highest BCUT2D eigenvalue weighted by atomic mass is 17.2. The standard InChI is InChI=1S/C55H92O10/c1-55(2,43-16-20-45(21-17-43)62-47-24-26-49(27-25-47)64-54(58)52-34-40(15-32-51(52)53(56)57)38-11-7-4-8-12-38)44-18-22-46(23-19-44)63-48-28-30-50(31-29-48)65-61-36-42-33-39(13-14-41(42)35-60-59)37-9-5-3-6-10-37/h37-52,59H,3-36H2,1-2H3,(H,56,57). The van der Waals surface area contributed by atoms with Gasteiger partial charge in [-0.25, -0.2) is 14.7 Å². The summed E-state index contributed by atoms with van der Waals surface area (Å²) in [4.78, 5) is 42.4. The van der Waals surface area contributed by atoms with E-state index < -0.39 is 17.8 Å². The van der Waals surface area contributed by atoms with Crippen molar-refractivity contribution in [2.24, 2.45) is 64.6 Å². The summed E-state index contributed by atoms with van der Waals surface area (Å²) in [5.41, 5.74) is 0.321. The van der Waals surface area contributed by atoms with Crippen LogP contribution in [0.25, 0.3) is 0 Å². The van der Waals surface area contributed by atoms with Gasteiger partial charge < -0.3 is 19.3 Å². The molecule has 6 atom stereocenters. The van der Waals surface area contributed by atoms with Crippen LogP contribution in [-0.4, -0.2) is 72.1 Å². The third-order valence-corrected chi connectivity index (χ3v) is 19.8. The van der Waals surface area contributed by atoms with Crippen molar-refractivity contribution in [3.63, 3.8) is 0 Å². The molecule has 372 valence electrons. The Morgan fingerprint density at radius 1 is 0.462 bits per heavy atom. The number of hydrogen-bond acceptors (Lipinski definition) is 9. The minimum absolute atomic E-state index is 0.113. The van der Waals surface area contributed by atoms with Crippen molar-refractivity contribution in [3.05, 3.63) is 0 Å². The average Bonchev–Trinajstić information content (AvgIpc) is 3.34. The first kappa shape index (κ1) is 50.1. The highest BCUT2D eigenvalue weighted by Crippen LogP contribution is 2.50. The summed E-state index contributed by atoms with van der Waals surface area (Å²) < 4.78 is 19.6. The molecule has 2 N–H and O–H groups in total. The number of carboxylic acid groups (broad SMARTS) is 1. The minimum Gasteiger partial charge on any atom is -0.481 e. The second kappa shape index (κ2) is 24.5. The van der Waals surface area contributed by atoms with E-state index in [0.29, 0.717) is 73.5 Å². The van der Waals surface area contributed by atoms with Crippen LogP contribution in [0.1, 0.15) is 219 Å². The molecule has 0 heterocycles. The maximum Gasteiger partial charge on any atom is 0.310 e. The highest BCUT2D eigenvalue weighted by molar-refractivity contribution is 5.81. The summed E-state index contributed by atoms with van der Waals surface area (Å²) in [7, 11) is 0. The molecule has 8 saturated carbocycles. The fourth-order valence-corrected chi connectivity index (χ4v) is 15.5. The molecule has 0 aromatic carbocycles. The van der Waals surface area contributed by atoms with Crippen LogP contribution in [0.5, 0.6) is 0 Å². The van der Waals surface area contributed by atoms with Gasteiger partial charge in [0.2, 0.25) is 0 Å². The Balaban J connectivity index is 0.682. The monoisotopic (exact) mass is 913 g/mol. The number of rotatable bonds is 17. The zero-order valence-corrected chi connectivity index (χ0v) is 40.9. The lowest BCUT2D eigenvalue weighted by Gasteiger charge is -2.47. The summed E-state index contributed by atoms with van der Waals surface area (Å²) in [6, 6.07) is 0. The van der Waals surface area contributed by atoms with Gasteiger partial charge in [0.25, 0.3) is 0 Å². The van der Waals surface area contributed by atoms with Crippen molar-refractivity contribution in [2.45, 2.75) is 256 Å². The normalized spacial score (nSPS) is 39.7. The van der Waals surface area contributed by atoms with Crippen LogP contribution in [-0.2, 0) is 38.5 Å². The largest absolute Gasteiger partial charge is 0.481 e. The smallest absolute Gasteiger partial charge is 0.310 e. The first-order valence-electron chi connectivity index (χ1n) is 27.9. The van der Waals surface area contributed by atoms with Crippen molar-refractivity contribution in [3.8, 4) is 0 Å². The molecule has 10 nitrogen and oxygen atoms in total. The highest BCUT2D eigenvalue weighted by Gasteiger charge is 2.45. The van der Waals surface area contributed by atoms with E-state index in [1.807, 2.05) is 0 Å². The first-order chi connectivity index (χ1) is 31.6. The molecule has 8 fully saturated rings. The van der Waals surface area contributed by atoms with E-state index in [-0.39, 0.29) is 24.3 Å². The lowest BCUT2D eigenvalue weighted by Crippen LogP contribution is -2.41. The molecule has 0 bridgehead atoms. The predicted octanol–water partition coefficient (Wildman–Crippen LogP) is 13.1. The summed E-state index contributed by atoms with van der Waals surface area (Å²) >= 11 is 0. The number of carbonyl (C=O) groups is 2. The van der Waals surface area contributed by atoms with E-state index in [1.165, 1.54) is 116 Å². The van der Waals surface area contributed by atoms with Gasteiger partial charge in [0.1, 0.15) is 6.10 Å². The Morgan fingerprint density at radius 3 is 1.43 bits per heavy atom. The SMILES string of the molecule is CC(C)(C1CCC(OC2CCC(OOCC3CC(C4CCCCC4)CCC3COO)CC2)CC1)C1CCC(OC2CCC(OC(=O)C3CC(C4CCCCC4)CCC3C(=O)O)CC2)CC1. The molecule has 10 heteroatoms. The molecule has 8 aliphatic rings. The Hall–Kier alpha value is -1.30. The van der Waals surface area contributed by atoms with Crippen LogP contribution in [0.2, 0.25) is 0 Å². The first-order valence-corrected chi connectivity index (χ1v) is 27.9. The summed E-state index contributed by atoms with van der Waals surface area (Å²) in [5, 5.41) is 19.2. The van der Waals surface area contributed by atoms with Crippen LogP contribution >= 0.6 is 0 Å². The van der Waals surface area contributed by atoms with E-state index in [4.69, 9.17) is 24.0 Å². The van der Waals surface area contributed by atoms with E-state index >= 15 is 0 Å². The number of carbonyl (C=O) groups excluding carboxylic acids is 1. The molecular weight excluding hydrogens is 821 g/mol. The fraction of sp³-hybridized carbons (Fsp3) is 0.964. The molecule has 0 aromatic rings. The molecular formula is C55H92O10. The van der Waals surface area contributed by atoms with Crippen LogP contribution in [0.15, 0.2) is 0 Å². The molecule has 0 saturated heterocycles. The lowest BCUT2D eigenvalue weighted by molar-refractivity contribution is -0.341. The second-order valence-electron chi connectivity index (χ2n) is 24.0. The zero-order chi connectivity index (χ0) is 45.2. The minimum atomic E-state index is -0.831. The van der Waals surface area contributed by atoms with Gasteiger partial charge in [-0.2, -0.15) is 0 Å². The van der Waals surface area contributed by atoms with E-state index in [2.05, 4.69) is 18.7 Å². The van der Waals surface area contributed by atoms with Gasteiger partial charge in [-0.1, -0.05) is 78.1 Å². The lowest BCUT2D eigenvalue weighted by atomic mass is 9.60. The Bertz CT molecular complexity index is 1410. The number of hydrogen-bond donors (Lipinski definition) is 2. The van der Waals surface area contributed by atoms with Gasteiger partial charge >= 0.3 is 11.9 Å². The Labute approximate surface area is 393 Å². The maximum absolute atomic E-state index is 13.5. The van der Waals surface area contributed by atoms with Crippen molar-refractivity contribution < 1.29 is 48.8 Å². The molecule has 0 spiro atoms. The van der Waals surface area contributed by atoms with Crippen molar-refractivity contribution in [1.29, 1.82) is 0 Å². The number of esters is 1. The second-order valence-corrected chi connectivity index (χ2v) is 24.0. The van der Waals surface area contributed by atoms with Gasteiger partial charge in [0, 0.05) is 0 Å². The molecule has 65 heavy (non-hydrogen) atoms. The zero-order valence-electron chi connectivity index (χ0n) is 40.9. The van der Waals surface area contributed by atoms with Crippen molar-refractivity contribution in [2.75, 3.05) is 13.2 Å². The molecule has 0 amide bonds. The molecule has 0 aromatic heterocycles. The molecule has 8 aliphatic carbocycles. The summed E-state index contributed by atoms with van der Waals surface area (Å²) in [6.45, 7) is 6.09. The summed E-state index contributed by atoms with van der Waals surface area (Å²) in [5.74, 6) is 2.78. The van der Waals surface area contributed by atoms with E-state index in [0.717, 1.165) is 101 Å². The van der Waals surface area contributed by atoms with Crippen LogP contribution in [0.3, 0.4) is 0 Å². The van der Waals surface area contributed by atoms with Crippen LogP contribution < -0.4 is 0 Å². The van der Waals surface area contributed by atoms with Crippen LogP contribution in [0.4, 0.5) is 0 Å². The van der Waals surface area contributed by atoms with Gasteiger partial charge in [-0.3, -0.25) is 14.8 Å². The third-order valence-electron chi connectivity index (χ3n) is 19.8. The molecule has 0 radical (unpaired) electrons. The molecule has 6 unspecified atom stereocenters. The van der Waals surface area contributed by atoms with Gasteiger partial charge in [0.05, 0.1) is 55.6 Å². The Kier molecular flexibility index (Phi) is 18.9. The number of ether oxygens (including phenoxy) is 3. The van der Waals surface area contributed by atoms with Crippen molar-refractivity contribution in [1.82, 2.24) is 0 Å². The van der Waals surface area contributed by atoms with Crippen molar-refractivity contribution >= 4 is 11.9 Å². The quantitative estimate of drug-likeness (QED) is 0.0826. The molecule has 8 rings (SSSR count). The third kappa shape index (κ3) is 13.7. The number of aliphatic carboxylic acids is 1. The Morgan fingerprint density at radius 2 is 0.923 bits per heavy atom. The molecule has 0 aliphatic heterocycles.